The number of phenolic OH excluding ortho intramolecular Hbond substituents is 1. The molecule has 1 saturated heterocycles. The number of nitrogens with one attached hydrogen (secondary N) is 3. The van der Waals surface area contributed by atoms with Crippen molar-refractivity contribution >= 4 is 86.8 Å². The average Bonchev–Trinajstić information content (AvgIpc) is 1.85. The van der Waals surface area contributed by atoms with Crippen LogP contribution in [-0.2, 0) is 24.5 Å². The molecule has 8 rings (SSSR count). The van der Waals surface area contributed by atoms with Gasteiger partial charge in [0.25, 0.3) is 5.91 Å². The van der Waals surface area contributed by atoms with Crippen LogP contribution in [0.4, 0.5) is 35.0 Å². The first-order valence-corrected chi connectivity index (χ1v) is 27.9. The molecule has 1 saturated carbocycles. The lowest BCUT2D eigenvalue weighted by atomic mass is 9.62. The summed E-state index contributed by atoms with van der Waals surface area (Å²) in [4.78, 5) is 67.4. The lowest BCUT2D eigenvalue weighted by molar-refractivity contribution is -0.130. The summed E-state index contributed by atoms with van der Waals surface area (Å²) in [5.41, 5.74) is -2.83. The van der Waals surface area contributed by atoms with Gasteiger partial charge in [-0.15, -0.1) is 0 Å². The number of nitriles is 1. The number of anilines is 3. The van der Waals surface area contributed by atoms with E-state index in [9.17, 15) is 29.5 Å². The Morgan fingerprint density at radius 2 is 1.61 bits per heavy atom. The SMILES string of the molecule is COc1cc(C(=O)NCCOCCN(C)C(=O)CCNc2nc(N3CCN(C(C)=O)CC3)c3cc(Cl)c(-c4c(O)cccc4F)c(F)c3n2)ccc1NC(=O)[C@@H]1C[C@@H](CC(C)(C)C)[C@](C#N)(c2ccc(Cl)cc2F)[C@H]1c1cccc(Cl)c1F. The number of carbonyl (C=O) groups is 4. The maximum Gasteiger partial charge on any atom is 0.251 e. The zero-order chi connectivity index (χ0) is 60.1. The third-order valence-corrected chi connectivity index (χ3v) is 16.0. The molecule has 6 aromatic rings. The highest BCUT2D eigenvalue weighted by Gasteiger charge is 2.61. The second-order valence-electron chi connectivity index (χ2n) is 21.7. The number of halogens is 7. The Hall–Kier alpha value is -7.44. The average molecular weight is 1200 g/mol. The number of hydrogen-bond acceptors (Lipinski definition) is 12. The molecule has 1 aliphatic heterocycles. The summed E-state index contributed by atoms with van der Waals surface area (Å²) in [5, 5.41) is 30.4. The number of rotatable bonds is 19. The van der Waals surface area contributed by atoms with E-state index in [-0.39, 0.29) is 123 Å². The number of nitrogens with zero attached hydrogens (tertiary/aromatic N) is 6. The third kappa shape index (κ3) is 13.3. The Kier molecular flexibility index (Phi) is 19.3. The number of amides is 4. The molecule has 0 radical (unpaired) electrons. The van der Waals surface area contributed by atoms with E-state index in [0.29, 0.717) is 38.4 Å². The summed E-state index contributed by atoms with van der Waals surface area (Å²) >= 11 is 19.1. The van der Waals surface area contributed by atoms with E-state index in [0.717, 1.165) is 12.1 Å². The van der Waals surface area contributed by atoms with Crippen LogP contribution in [0.3, 0.4) is 0 Å². The van der Waals surface area contributed by atoms with Gasteiger partial charge >= 0.3 is 0 Å². The monoisotopic (exact) mass is 1200 g/mol. The number of benzene rings is 5. The zero-order valence-electron chi connectivity index (χ0n) is 46.4. The molecule has 2 aliphatic rings. The molecular formula is C60H62Cl3F4N9O7. The summed E-state index contributed by atoms with van der Waals surface area (Å²) in [6, 6.07) is 20.1. The number of fused-ring (bicyclic) bond motifs is 1. The standard InChI is InChI=1S/C60H62Cl3F4N9O7/c1-33(77)75-20-22-76(23-21-75)55-39-30-42(63)49(50-43(64)11-8-12-46(50)78)53(67)54(39)72-58(73-55)70-18-17-48(79)74(5)24-26-83-25-19-69-56(80)34-13-16-45(47(27-34)82-6)71-57(81)38-28-35(31-59(2,3)4)60(32-68,40-15-14-36(61)29-44(40)65)51(38)37-9-7-10-41(62)52(37)66/h7-16,27,29-30,35,38,51,78H,17-26,28,31H2,1-6H3,(H,69,80)(H,71,81)(H,70,72,73)/t35-,38+,51-,60+/m0/s1. The van der Waals surface area contributed by atoms with Crippen molar-refractivity contribution in [2.45, 2.75) is 58.3 Å². The molecule has 2 fully saturated rings. The van der Waals surface area contributed by atoms with Crippen LogP contribution in [0.2, 0.25) is 15.1 Å². The van der Waals surface area contributed by atoms with E-state index in [1.165, 1.54) is 85.7 Å². The maximum absolute atomic E-state index is 16.5. The number of ether oxygens (including phenoxy) is 2. The van der Waals surface area contributed by atoms with Crippen molar-refractivity contribution in [1.82, 2.24) is 25.1 Å². The molecule has 1 aromatic heterocycles. The van der Waals surface area contributed by atoms with Gasteiger partial charge < -0.3 is 45.2 Å². The molecular weight excluding hydrogens is 1140 g/mol. The van der Waals surface area contributed by atoms with Crippen molar-refractivity contribution in [1.29, 1.82) is 5.26 Å². The number of phenols is 1. The van der Waals surface area contributed by atoms with Gasteiger partial charge in [-0.05, 0) is 84.3 Å². The minimum atomic E-state index is -1.74. The van der Waals surface area contributed by atoms with Crippen molar-refractivity contribution in [3.8, 4) is 28.7 Å². The van der Waals surface area contributed by atoms with Gasteiger partial charge in [0.2, 0.25) is 23.7 Å². The lowest BCUT2D eigenvalue weighted by Gasteiger charge is -2.38. The molecule has 2 heterocycles. The lowest BCUT2D eigenvalue weighted by Crippen LogP contribution is -2.48. The maximum atomic E-state index is 16.5. The Bertz CT molecular complexity index is 3490. The summed E-state index contributed by atoms with van der Waals surface area (Å²) < 4.78 is 75.3. The molecule has 0 spiro atoms. The van der Waals surface area contributed by atoms with E-state index >= 15 is 17.6 Å². The van der Waals surface area contributed by atoms with E-state index in [2.05, 4.69) is 32.0 Å². The molecule has 16 nitrogen and oxygen atoms in total. The number of likely N-dealkylation sites (N-methyl/N-ethyl adjacent to an activating group) is 1. The normalized spacial score (nSPS) is 18.0. The number of hydrogen-bond donors (Lipinski definition) is 4. The number of carbonyl (C=O) groups excluding carboxylic acids is 4. The number of methoxy groups -OCH3 is 1. The molecule has 0 unspecified atom stereocenters. The molecule has 1 aliphatic carbocycles. The van der Waals surface area contributed by atoms with Crippen LogP contribution in [0.5, 0.6) is 11.5 Å². The Labute approximate surface area is 493 Å². The molecule has 23 heteroatoms. The highest BCUT2D eigenvalue weighted by atomic mass is 35.5. The summed E-state index contributed by atoms with van der Waals surface area (Å²) in [7, 11) is 2.95. The molecule has 4 N–H and O–H groups in total. The molecule has 438 valence electrons. The zero-order valence-corrected chi connectivity index (χ0v) is 48.7. The first kappa shape index (κ1) is 61.6. The quantitative estimate of drug-likeness (QED) is 0.0442. The van der Waals surface area contributed by atoms with E-state index in [1.54, 1.807) is 11.9 Å². The summed E-state index contributed by atoms with van der Waals surface area (Å²) in [5.74, 6) is -7.97. The fourth-order valence-corrected chi connectivity index (χ4v) is 11.8. The predicted octanol–water partition coefficient (Wildman–Crippen LogP) is 11.2. The fourth-order valence-electron chi connectivity index (χ4n) is 11.2. The van der Waals surface area contributed by atoms with Crippen LogP contribution in [-0.4, -0.2) is 122 Å². The van der Waals surface area contributed by atoms with Gasteiger partial charge in [0.05, 0.1) is 53.1 Å². The van der Waals surface area contributed by atoms with Gasteiger partial charge in [0, 0.05) is 105 Å². The van der Waals surface area contributed by atoms with Crippen LogP contribution in [0.25, 0.3) is 22.0 Å². The number of aromatic nitrogens is 2. The highest BCUT2D eigenvalue weighted by molar-refractivity contribution is 6.34. The fraction of sp³-hybridized carbons (Fsp3) is 0.383. The van der Waals surface area contributed by atoms with Gasteiger partial charge in [-0.1, -0.05) is 79.8 Å². The van der Waals surface area contributed by atoms with E-state index < -0.39 is 75.0 Å². The second-order valence-corrected chi connectivity index (χ2v) is 23.0. The molecule has 83 heavy (non-hydrogen) atoms. The molecule has 4 amide bonds. The Morgan fingerprint density at radius 3 is 2.29 bits per heavy atom. The van der Waals surface area contributed by atoms with Gasteiger partial charge in [0.15, 0.2) is 5.82 Å². The van der Waals surface area contributed by atoms with Crippen molar-refractivity contribution in [3.63, 3.8) is 0 Å². The van der Waals surface area contributed by atoms with Gasteiger partial charge in [-0.3, -0.25) is 19.2 Å². The van der Waals surface area contributed by atoms with Crippen molar-refractivity contribution in [2.75, 3.05) is 88.7 Å². The predicted molar refractivity (Wildman–Crippen MR) is 310 cm³/mol. The van der Waals surface area contributed by atoms with Crippen LogP contribution in [0.1, 0.15) is 74.4 Å². The van der Waals surface area contributed by atoms with Crippen molar-refractivity contribution in [3.05, 3.63) is 134 Å². The van der Waals surface area contributed by atoms with Gasteiger partial charge in [-0.25, -0.2) is 22.5 Å². The minimum Gasteiger partial charge on any atom is -0.507 e. The van der Waals surface area contributed by atoms with Crippen molar-refractivity contribution < 1.29 is 51.3 Å². The molecule has 4 atom stereocenters. The minimum absolute atomic E-state index is 0.0124. The van der Waals surface area contributed by atoms with Gasteiger partial charge in [-0.2, -0.15) is 10.2 Å². The van der Waals surface area contributed by atoms with E-state index in [1.807, 2.05) is 25.7 Å². The Balaban J connectivity index is 0.867. The molecule has 0 bridgehead atoms. The van der Waals surface area contributed by atoms with Crippen molar-refractivity contribution in [2.24, 2.45) is 17.3 Å². The topological polar surface area (TPSA) is 202 Å². The van der Waals surface area contributed by atoms with Crippen LogP contribution >= 0.6 is 34.8 Å². The van der Waals surface area contributed by atoms with Gasteiger partial charge in [0.1, 0.15) is 40.3 Å². The third-order valence-electron chi connectivity index (χ3n) is 15.2. The van der Waals surface area contributed by atoms with Crippen LogP contribution < -0.4 is 25.6 Å². The Morgan fingerprint density at radius 1 is 0.880 bits per heavy atom. The first-order chi connectivity index (χ1) is 39.5. The smallest absolute Gasteiger partial charge is 0.251 e. The number of aromatic hydroxyl groups is 1. The molecule has 5 aromatic carbocycles. The van der Waals surface area contributed by atoms with Crippen LogP contribution in [0, 0.1) is 51.9 Å². The first-order valence-electron chi connectivity index (χ1n) is 26.8. The van der Waals surface area contributed by atoms with Crippen LogP contribution in [0.15, 0.2) is 78.9 Å². The second kappa shape index (κ2) is 26.0. The number of piperazine rings is 1. The van der Waals surface area contributed by atoms with E-state index in [4.69, 9.17) is 44.3 Å². The largest absolute Gasteiger partial charge is 0.507 e. The highest BCUT2D eigenvalue weighted by Crippen LogP contribution is 2.61. The summed E-state index contributed by atoms with van der Waals surface area (Å²) in [6.45, 7) is 9.37. The summed E-state index contributed by atoms with van der Waals surface area (Å²) in [6.07, 6.45) is 0.425.